The molecule has 5 rings (SSSR count). The first-order valence-corrected chi connectivity index (χ1v) is 10.5. The predicted octanol–water partition coefficient (Wildman–Crippen LogP) is 6.74. The Balaban J connectivity index is 1.82. The van der Waals surface area contributed by atoms with Gasteiger partial charge >= 0.3 is 0 Å². The molecule has 0 bridgehead atoms. The number of anilines is 1. The normalized spacial score (nSPS) is 20.3. The summed E-state index contributed by atoms with van der Waals surface area (Å²) in [6, 6.07) is 13.8. The molecule has 2 aliphatic rings. The minimum atomic E-state index is -0.224. The van der Waals surface area contributed by atoms with Crippen LogP contribution in [0.25, 0.3) is 10.9 Å². The van der Waals surface area contributed by atoms with Crippen molar-refractivity contribution < 1.29 is 4.79 Å². The van der Waals surface area contributed by atoms with Gasteiger partial charge in [-0.15, -0.1) is 0 Å². The largest absolute Gasteiger partial charge is 0.358 e. The van der Waals surface area contributed by atoms with Crippen LogP contribution in [0.15, 0.2) is 59.9 Å². The van der Waals surface area contributed by atoms with Gasteiger partial charge in [0.1, 0.15) is 0 Å². The number of nitrogens with one attached hydrogen (secondary N) is 1. The molecule has 0 saturated heterocycles. The Bertz CT molecular complexity index is 1210. The lowest BCUT2D eigenvalue weighted by atomic mass is 9.68. The molecule has 1 aromatic heterocycles. The van der Waals surface area contributed by atoms with Crippen LogP contribution in [0.4, 0.5) is 5.69 Å². The van der Waals surface area contributed by atoms with Gasteiger partial charge in [0.05, 0.1) is 15.6 Å². The average molecular weight is 423 g/mol. The van der Waals surface area contributed by atoms with Crippen molar-refractivity contribution in [2.24, 2.45) is 5.41 Å². The molecule has 146 valence electrons. The second-order valence-corrected chi connectivity index (χ2v) is 9.48. The van der Waals surface area contributed by atoms with Crippen LogP contribution in [0.1, 0.15) is 43.7 Å². The van der Waals surface area contributed by atoms with Crippen LogP contribution >= 0.6 is 23.2 Å². The summed E-state index contributed by atoms with van der Waals surface area (Å²) < 4.78 is 0. The molecule has 29 heavy (non-hydrogen) atoms. The van der Waals surface area contributed by atoms with Crippen LogP contribution in [0.5, 0.6) is 0 Å². The predicted molar refractivity (Wildman–Crippen MR) is 119 cm³/mol. The second kappa shape index (κ2) is 6.58. The van der Waals surface area contributed by atoms with Crippen LogP contribution in [0, 0.1) is 5.41 Å². The summed E-state index contributed by atoms with van der Waals surface area (Å²) in [5.74, 6) is -0.0448. The molecule has 1 atom stereocenters. The average Bonchev–Trinajstić information content (AvgIpc) is 2.67. The van der Waals surface area contributed by atoms with Crippen molar-refractivity contribution in [3.8, 4) is 0 Å². The minimum Gasteiger partial charge on any atom is -0.358 e. The summed E-state index contributed by atoms with van der Waals surface area (Å²) in [7, 11) is 0. The molecule has 2 aromatic carbocycles. The van der Waals surface area contributed by atoms with Crippen molar-refractivity contribution in [1.29, 1.82) is 0 Å². The molecule has 0 spiro atoms. The Hall–Kier alpha value is -2.36. The molecule has 1 unspecified atom stereocenters. The van der Waals surface area contributed by atoms with Crippen LogP contribution in [-0.2, 0) is 4.79 Å². The summed E-state index contributed by atoms with van der Waals surface area (Å²) in [6.07, 6.45) is 3.15. The summed E-state index contributed by atoms with van der Waals surface area (Å²) in [5, 5.41) is 5.60. The maximum atomic E-state index is 13.3. The molecule has 0 radical (unpaired) electrons. The number of carbonyl (C=O) groups excluding carboxylic acids is 1. The topological polar surface area (TPSA) is 42.0 Å². The Morgan fingerprint density at radius 2 is 1.90 bits per heavy atom. The summed E-state index contributed by atoms with van der Waals surface area (Å²) in [6.45, 7) is 4.28. The zero-order valence-corrected chi connectivity index (χ0v) is 17.7. The fraction of sp³-hybridized carbons (Fsp3) is 0.250. The van der Waals surface area contributed by atoms with E-state index in [-0.39, 0.29) is 17.1 Å². The second-order valence-electron chi connectivity index (χ2n) is 8.67. The standard InChI is InChI=1S/C24H20Cl2N2O/c1-24(2)11-18-21(19(29)12-24)20(14-5-7-15(25)16(26)10-14)22-17(28-18)8-6-13-4-3-9-27-23(13)22/h3-10,20,28H,11-12H2,1-2H3. The number of carbonyl (C=O) groups is 1. The van der Waals surface area contributed by atoms with Gasteiger partial charge in [-0.2, -0.15) is 0 Å². The molecule has 1 aliphatic carbocycles. The van der Waals surface area contributed by atoms with E-state index in [2.05, 4.69) is 36.3 Å². The zero-order valence-electron chi connectivity index (χ0n) is 16.2. The Morgan fingerprint density at radius 1 is 1.07 bits per heavy atom. The SMILES string of the molecule is CC1(C)CC(=O)C2=C(C1)Nc1ccc3cccnc3c1C2c1ccc(Cl)c(Cl)c1. The third-order valence-corrected chi connectivity index (χ3v) is 6.61. The van der Waals surface area contributed by atoms with E-state index in [1.54, 1.807) is 12.3 Å². The highest BCUT2D eigenvalue weighted by atomic mass is 35.5. The van der Waals surface area contributed by atoms with Gasteiger partial charge in [-0.05, 0) is 41.7 Å². The Labute approximate surface area is 179 Å². The van der Waals surface area contributed by atoms with E-state index in [1.807, 2.05) is 24.3 Å². The third-order valence-electron chi connectivity index (χ3n) is 5.87. The Morgan fingerprint density at radius 3 is 2.69 bits per heavy atom. The fourth-order valence-electron chi connectivity index (χ4n) is 4.68. The van der Waals surface area contributed by atoms with E-state index < -0.39 is 0 Å². The van der Waals surface area contributed by atoms with Gasteiger partial charge in [-0.25, -0.2) is 0 Å². The highest BCUT2D eigenvalue weighted by molar-refractivity contribution is 6.42. The zero-order chi connectivity index (χ0) is 20.3. The molecule has 2 heterocycles. The van der Waals surface area contributed by atoms with Crippen molar-refractivity contribution in [3.05, 3.63) is 81.1 Å². The van der Waals surface area contributed by atoms with Gasteiger partial charge in [0.2, 0.25) is 0 Å². The maximum absolute atomic E-state index is 13.3. The number of nitrogens with zero attached hydrogens (tertiary/aromatic N) is 1. The van der Waals surface area contributed by atoms with Crippen molar-refractivity contribution in [2.75, 3.05) is 5.32 Å². The lowest BCUT2D eigenvalue weighted by molar-refractivity contribution is -0.118. The summed E-state index contributed by atoms with van der Waals surface area (Å²) >= 11 is 12.6. The van der Waals surface area contributed by atoms with Crippen molar-refractivity contribution in [2.45, 2.75) is 32.6 Å². The number of ketones is 1. The van der Waals surface area contributed by atoms with Crippen molar-refractivity contribution in [3.63, 3.8) is 0 Å². The fourth-order valence-corrected chi connectivity index (χ4v) is 4.99. The van der Waals surface area contributed by atoms with Gasteiger partial charge in [0.15, 0.2) is 5.78 Å². The van der Waals surface area contributed by atoms with E-state index in [4.69, 9.17) is 23.2 Å². The van der Waals surface area contributed by atoms with Crippen LogP contribution in [0.3, 0.4) is 0 Å². The van der Waals surface area contributed by atoms with E-state index in [1.165, 1.54) is 0 Å². The summed E-state index contributed by atoms with van der Waals surface area (Å²) in [5.41, 5.74) is 5.64. The number of benzene rings is 2. The monoisotopic (exact) mass is 422 g/mol. The number of rotatable bonds is 1. The highest BCUT2D eigenvalue weighted by Gasteiger charge is 2.41. The molecule has 0 fully saturated rings. The van der Waals surface area contributed by atoms with Gasteiger partial charge in [-0.1, -0.05) is 55.2 Å². The number of fused-ring (bicyclic) bond motifs is 3. The van der Waals surface area contributed by atoms with Gasteiger partial charge in [0.25, 0.3) is 0 Å². The minimum absolute atomic E-state index is 0.0717. The van der Waals surface area contributed by atoms with E-state index >= 15 is 0 Å². The van der Waals surface area contributed by atoms with E-state index in [0.29, 0.717) is 16.5 Å². The smallest absolute Gasteiger partial charge is 0.162 e. The molecular weight excluding hydrogens is 403 g/mol. The molecule has 0 saturated carbocycles. The van der Waals surface area contributed by atoms with Crippen LogP contribution in [0.2, 0.25) is 10.0 Å². The molecule has 1 N–H and O–H groups in total. The number of Topliss-reactive ketones (excluding diaryl/α,β-unsaturated/α-hetero) is 1. The molecule has 3 aromatic rings. The summed E-state index contributed by atoms with van der Waals surface area (Å²) in [4.78, 5) is 18.0. The lowest BCUT2D eigenvalue weighted by Crippen LogP contribution is -2.34. The molecule has 3 nitrogen and oxygen atoms in total. The van der Waals surface area contributed by atoms with E-state index in [0.717, 1.165) is 45.4 Å². The van der Waals surface area contributed by atoms with Gasteiger partial charge in [-0.3, -0.25) is 9.78 Å². The van der Waals surface area contributed by atoms with Gasteiger partial charge in [0, 0.05) is 46.4 Å². The first kappa shape index (κ1) is 18.7. The number of aromatic nitrogens is 1. The number of hydrogen-bond donors (Lipinski definition) is 1. The third kappa shape index (κ3) is 3.04. The maximum Gasteiger partial charge on any atom is 0.162 e. The quantitative estimate of drug-likeness (QED) is 0.471. The lowest BCUT2D eigenvalue weighted by Gasteiger charge is -2.39. The number of pyridine rings is 1. The molecule has 1 aliphatic heterocycles. The van der Waals surface area contributed by atoms with E-state index in [9.17, 15) is 4.79 Å². The highest BCUT2D eigenvalue weighted by Crippen LogP contribution is 2.50. The molecule has 5 heteroatoms. The number of halogens is 2. The first-order valence-electron chi connectivity index (χ1n) is 9.70. The first-order chi connectivity index (χ1) is 13.8. The van der Waals surface area contributed by atoms with Crippen LogP contribution < -0.4 is 5.32 Å². The van der Waals surface area contributed by atoms with Crippen molar-refractivity contribution in [1.82, 2.24) is 4.98 Å². The number of allylic oxidation sites excluding steroid dienone is 2. The Kier molecular flexibility index (Phi) is 4.23. The van der Waals surface area contributed by atoms with Gasteiger partial charge < -0.3 is 5.32 Å². The molecular formula is C24H20Cl2N2O. The molecule has 0 amide bonds. The van der Waals surface area contributed by atoms with Crippen molar-refractivity contribution >= 4 is 45.6 Å². The number of hydrogen-bond acceptors (Lipinski definition) is 3. The van der Waals surface area contributed by atoms with Crippen LogP contribution in [-0.4, -0.2) is 10.8 Å².